The Morgan fingerprint density at radius 2 is 1.83 bits per heavy atom. The molecule has 1 aromatic heterocycles. The van der Waals surface area contributed by atoms with Crippen molar-refractivity contribution in [1.29, 1.82) is 0 Å². The van der Waals surface area contributed by atoms with Gasteiger partial charge in [-0.25, -0.2) is 0 Å². The van der Waals surface area contributed by atoms with Crippen molar-refractivity contribution < 1.29 is 28.9 Å². The third kappa shape index (κ3) is 5.01. The summed E-state index contributed by atoms with van der Waals surface area (Å²) in [6.07, 6.45) is 2.65. The van der Waals surface area contributed by atoms with Gasteiger partial charge < -0.3 is 24.2 Å². The van der Waals surface area contributed by atoms with Crippen molar-refractivity contribution in [3.8, 4) is 11.5 Å². The maximum Gasteiger partial charge on any atom is 0.269 e. The van der Waals surface area contributed by atoms with E-state index in [0.29, 0.717) is 36.5 Å². The first-order chi connectivity index (χ1) is 23.1. The van der Waals surface area contributed by atoms with Gasteiger partial charge in [0.15, 0.2) is 12.2 Å². The molecule has 3 aliphatic rings. The fourth-order valence-electron chi connectivity index (χ4n) is 8.14. The average molecular weight is 668 g/mol. The quantitative estimate of drug-likeness (QED) is 0.265. The number of nitrogens with zero attached hydrogens (tertiary/aromatic N) is 5. The predicted octanol–water partition coefficient (Wildman–Crippen LogP) is 4.16. The summed E-state index contributed by atoms with van der Waals surface area (Å²) >= 11 is 0. The van der Waals surface area contributed by atoms with E-state index in [0.717, 1.165) is 22.7 Å². The standard InChI is InChI=1S/C36H41N5O6Si/c1-23-34(48(4,5)27-13-11-26(45-3)12-14-27)32(16-18-40-21-24(17-19-42)37-38-40)47-36(23)28-20-25(10-15-29(28)39(2)35(36)44)41-30-8-6-7-9-31(30)46-22-33(41)43/h6-15,20-21,23,32,34,42H,16-19,22H2,1-5H3/t23-,32+,34-,36+/m0/s1. The number of likely N-dealkylation sites (N-methyl/N-ethyl adjacent to an activating group) is 1. The Labute approximate surface area is 281 Å². The average Bonchev–Trinajstić information content (AvgIpc) is 3.73. The zero-order chi connectivity index (χ0) is 33.8. The van der Waals surface area contributed by atoms with E-state index in [1.54, 1.807) is 28.6 Å². The maximum absolute atomic E-state index is 14.6. The summed E-state index contributed by atoms with van der Waals surface area (Å²) in [7, 11) is 1.13. The summed E-state index contributed by atoms with van der Waals surface area (Å²) in [5, 5.41) is 19.1. The molecule has 1 spiro atoms. The van der Waals surface area contributed by atoms with Crippen LogP contribution >= 0.6 is 0 Å². The number of ether oxygens (including phenoxy) is 3. The molecule has 4 atom stereocenters. The van der Waals surface area contributed by atoms with Gasteiger partial charge in [-0.05, 0) is 54.4 Å². The third-order valence-electron chi connectivity index (χ3n) is 10.5. The van der Waals surface area contributed by atoms with Gasteiger partial charge in [-0.15, -0.1) is 5.10 Å². The van der Waals surface area contributed by atoms with Crippen LogP contribution in [0.25, 0.3) is 0 Å². The second kappa shape index (κ2) is 12.2. The molecule has 0 saturated carbocycles. The fraction of sp³-hybridized carbons (Fsp3) is 0.389. The number of carbonyl (C=O) groups excluding carboxylic acids is 2. The molecule has 1 fully saturated rings. The number of fused-ring (bicyclic) bond motifs is 3. The summed E-state index contributed by atoms with van der Waals surface area (Å²) in [5.74, 6) is 0.956. The number of aryl methyl sites for hydroxylation is 1. The number of amides is 2. The zero-order valence-corrected chi connectivity index (χ0v) is 28.9. The van der Waals surface area contributed by atoms with Crippen LogP contribution in [0.3, 0.4) is 0 Å². The Morgan fingerprint density at radius 3 is 2.58 bits per heavy atom. The zero-order valence-electron chi connectivity index (χ0n) is 27.9. The highest BCUT2D eigenvalue weighted by Gasteiger charge is 2.65. The molecule has 0 unspecified atom stereocenters. The minimum Gasteiger partial charge on any atom is -0.497 e. The largest absolute Gasteiger partial charge is 0.497 e. The van der Waals surface area contributed by atoms with Crippen LogP contribution in [0.4, 0.5) is 17.1 Å². The van der Waals surface area contributed by atoms with Gasteiger partial charge in [0.25, 0.3) is 11.8 Å². The number of anilines is 3. The second-order valence-corrected chi connectivity index (χ2v) is 18.1. The molecular formula is C36H41N5O6Si. The van der Waals surface area contributed by atoms with Crippen LogP contribution in [0, 0.1) is 5.92 Å². The number of aliphatic hydroxyl groups excluding tert-OH is 1. The minimum atomic E-state index is -2.34. The molecule has 48 heavy (non-hydrogen) atoms. The third-order valence-corrected chi connectivity index (χ3v) is 14.9. The van der Waals surface area contributed by atoms with Gasteiger partial charge in [0.2, 0.25) is 0 Å². The first-order valence-corrected chi connectivity index (χ1v) is 19.5. The molecule has 4 heterocycles. The maximum atomic E-state index is 14.6. The van der Waals surface area contributed by atoms with E-state index in [-0.39, 0.29) is 42.6 Å². The monoisotopic (exact) mass is 667 g/mol. The summed E-state index contributed by atoms with van der Waals surface area (Å²) in [6.45, 7) is 7.34. The van der Waals surface area contributed by atoms with E-state index >= 15 is 0 Å². The molecule has 3 aromatic carbocycles. The van der Waals surface area contributed by atoms with Crippen LogP contribution in [0.2, 0.25) is 18.6 Å². The molecule has 0 aliphatic carbocycles. The van der Waals surface area contributed by atoms with Crippen LogP contribution in [-0.4, -0.2) is 73.5 Å². The van der Waals surface area contributed by atoms with Crippen LogP contribution in [0.5, 0.6) is 11.5 Å². The van der Waals surface area contributed by atoms with Gasteiger partial charge in [-0.3, -0.25) is 19.2 Å². The van der Waals surface area contributed by atoms with Gasteiger partial charge >= 0.3 is 0 Å². The highest BCUT2D eigenvalue weighted by molar-refractivity contribution is 6.91. The van der Waals surface area contributed by atoms with Crippen molar-refractivity contribution in [3.63, 3.8) is 0 Å². The van der Waals surface area contributed by atoms with Crippen LogP contribution in [0.15, 0.2) is 72.9 Å². The Hall–Kier alpha value is -4.52. The lowest BCUT2D eigenvalue weighted by Gasteiger charge is -2.37. The van der Waals surface area contributed by atoms with Gasteiger partial charge in [-0.2, -0.15) is 0 Å². The van der Waals surface area contributed by atoms with Crippen molar-refractivity contribution >= 4 is 42.1 Å². The van der Waals surface area contributed by atoms with Crippen molar-refractivity contribution in [2.24, 2.45) is 5.92 Å². The van der Waals surface area contributed by atoms with Crippen molar-refractivity contribution in [3.05, 3.63) is 84.2 Å². The van der Waals surface area contributed by atoms with E-state index in [4.69, 9.17) is 14.2 Å². The Balaban J connectivity index is 1.32. The fourth-order valence-corrected chi connectivity index (χ4v) is 12.2. The highest BCUT2D eigenvalue weighted by atomic mass is 28.3. The number of hydrogen-bond acceptors (Lipinski definition) is 8. The summed E-state index contributed by atoms with van der Waals surface area (Å²) in [6, 6.07) is 21.6. The molecular weight excluding hydrogens is 627 g/mol. The number of aromatic nitrogens is 3. The molecule has 2 amide bonds. The van der Waals surface area contributed by atoms with Gasteiger partial charge in [0.1, 0.15) is 11.5 Å². The number of methoxy groups -OCH3 is 1. The van der Waals surface area contributed by atoms with E-state index in [1.807, 2.05) is 60.8 Å². The number of carbonyl (C=O) groups is 2. The number of rotatable bonds is 9. The van der Waals surface area contributed by atoms with Crippen molar-refractivity contribution in [2.75, 3.05) is 37.2 Å². The normalized spacial score (nSPS) is 23.4. The Kier molecular flexibility index (Phi) is 8.13. The predicted molar refractivity (Wildman–Crippen MR) is 184 cm³/mol. The second-order valence-electron chi connectivity index (χ2n) is 13.4. The first kappa shape index (κ1) is 32.0. The Morgan fingerprint density at radius 1 is 1.06 bits per heavy atom. The molecule has 3 aliphatic heterocycles. The van der Waals surface area contributed by atoms with E-state index in [2.05, 4.69) is 42.5 Å². The van der Waals surface area contributed by atoms with Crippen LogP contribution in [-0.2, 0) is 32.9 Å². The molecule has 4 aromatic rings. The molecule has 1 saturated heterocycles. The minimum absolute atomic E-state index is 0.00680. The smallest absolute Gasteiger partial charge is 0.269 e. The molecule has 7 rings (SSSR count). The topological polar surface area (TPSA) is 119 Å². The SMILES string of the molecule is COc1ccc([Si](C)(C)[C@@H]2[C@@H](CCn3cc(CCO)nn3)O[C@]3(C(=O)N(C)c4ccc(N5C(=O)COc6ccccc65)cc43)[C@H]2C)cc1. The highest BCUT2D eigenvalue weighted by Crippen LogP contribution is 2.60. The molecule has 11 nitrogen and oxygen atoms in total. The van der Waals surface area contributed by atoms with Crippen molar-refractivity contribution in [2.45, 2.75) is 56.7 Å². The van der Waals surface area contributed by atoms with E-state index in [1.165, 1.54) is 5.19 Å². The number of aliphatic hydroxyl groups is 1. The molecule has 250 valence electrons. The van der Waals surface area contributed by atoms with E-state index in [9.17, 15) is 14.7 Å². The molecule has 0 bridgehead atoms. The van der Waals surface area contributed by atoms with E-state index < -0.39 is 13.7 Å². The lowest BCUT2D eigenvalue weighted by Crippen LogP contribution is -2.51. The summed E-state index contributed by atoms with van der Waals surface area (Å²) in [4.78, 5) is 31.3. The number of hydrogen-bond donors (Lipinski definition) is 1. The number of para-hydroxylation sites is 2. The summed E-state index contributed by atoms with van der Waals surface area (Å²) < 4.78 is 20.2. The van der Waals surface area contributed by atoms with Gasteiger partial charge in [0, 0.05) is 50.0 Å². The van der Waals surface area contributed by atoms with Crippen molar-refractivity contribution in [1.82, 2.24) is 15.0 Å². The molecule has 12 heteroatoms. The van der Waals surface area contributed by atoms with Gasteiger partial charge in [-0.1, -0.05) is 54.7 Å². The lowest BCUT2D eigenvalue weighted by molar-refractivity contribution is -0.145. The lowest BCUT2D eigenvalue weighted by atomic mass is 9.82. The molecule has 0 radical (unpaired) electrons. The van der Waals surface area contributed by atoms with Crippen LogP contribution in [0.1, 0.15) is 24.6 Å². The van der Waals surface area contributed by atoms with Crippen LogP contribution < -0.4 is 24.5 Å². The summed E-state index contributed by atoms with van der Waals surface area (Å²) in [5.41, 5.74) is 2.41. The Bertz CT molecular complexity index is 1860. The number of benzene rings is 3. The molecule has 1 N–H and O–H groups in total. The van der Waals surface area contributed by atoms with Gasteiger partial charge in [0.05, 0.1) is 38.4 Å². The first-order valence-electron chi connectivity index (χ1n) is 16.4.